The molecular weight excluding hydrogens is 228 g/mol. The fraction of sp³-hybridized carbons (Fsp3) is 0.692. The standard InChI is InChI=1S/C13H22N4O/c1-3-10-16-11(14-4-2)7-12(17-10)15-8-13(9-18)5-6-13/h7,18H,3-6,8-9H2,1-2H3,(H2,14,15,16,17). The van der Waals surface area contributed by atoms with Crippen LogP contribution < -0.4 is 10.6 Å². The van der Waals surface area contributed by atoms with Gasteiger partial charge in [-0.05, 0) is 19.8 Å². The first kappa shape index (κ1) is 13.1. The first-order valence-electron chi connectivity index (χ1n) is 6.68. The van der Waals surface area contributed by atoms with Gasteiger partial charge in [0.25, 0.3) is 0 Å². The summed E-state index contributed by atoms with van der Waals surface area (Å²) in [6.45, 7) is 5.98. The number of nitrogens with one attached hydrogen (secondary N) is 2. The Morgan fingerprint density at radius 1 is 1.22 bits per heavy atom. The Hall–Kier alpha value is -1.36. The van der Waals surface area contributed by atoms with Crippen LogP contribution in [0, 0.1) is 5.41 Å². The Balaban J connectivity index is 2.04. The van der Waals surface area contributed by atoms with Gasteiger partial charge in [-0.15, -0.1) is 0 Å². The van der Waals surface area contributed by atoms with E-state index in [-0.39, 0.29) is 12.0 Å². The van der Waals surface area contributed by atoms with Crippen molar-refractivity contribution in [1.82, 2.24) is 9.97 Å². The largest absolute Gasteiger partial charge is 0.396 e. The summed E-state index contributed by atoms with van der Waals surface area (Å²) in [4.78, 5) is 8.87. The van der Waals surface area contributed by atoms with Gasteiger partial charge in [-0.3, -0.25) is 0 Å². The van der Waals surface area contributed by atoms with E-state index in [9.17, 15) is 5.11 Å². The van der Waals surface area contributed by atoms with Crippen LogP contribution in [0.5, 0.6) is 0 Å². The number of aliphatic hydroxyl groups is 1. The van der Waals surface area contributed by atoms with Crippen LogP contribution in [0.1, 0.15) is 32.5 Å². The van der Waals surface area contributed by atoms with Gasteiger partial charge in [0.05, 0.1) is 6.61 Å². The lowest BCUT2D eigenvalue weighted by atomic mass is 10.1. The molecule has 1 aromatic heterocycles. The summed E-state index contributed by atoms with van der Waals surface area (Å²) in [6.07, 6.45) is 3.02. The van der Waals surface area contributed by atoms with Gasteiger partial charge in [0.15, 0.2) is 0 Å². The van der Waals surface area contributed by atoms with Crippen molar-refractivity contribution in [3.05, 3.63) is 11.9 Å². The summed E-state index contributed by atoms with van der Waals surface area (Å²) in [7, 11) is 0. The lowest BCUT2D eigenvalue weighted by Crippen LogP contribution is -2.20. The summed E-state index contributed by atoms with van der Waals surface area (Å²) < 4.78 is 0. The molecule has 1 heterocycles. The maximum Gasteiger partial charge on any atom is 0.132 e. The van der Waals surface area contributed by atoms with E-state index in [1.165, 1.54) is 0 Å². The fourth-order valence-corrected chi connectivity index (χ4v) is 1.86. The van der Waals surface area contributed by atoms with Crippen molar-refractivity contribution in [1.29, 1.82) is 0 Å². The van der Waals surface area contributed by atoms with Crippen LogP contribution in [0.4, 0.5) is 11.6 Å². The number of nitrogens with zero attached hydrogens (tertiary/aromatic N) is 2. The molecule has 5 nitrogen and oxygen atoms in total. The number of aryl methyl sites for hydroxylation is 1. The third-order valence-corrected chi connectivity index (χ3v) is 3.38. The lowest BCUT2D eigenvalue weighted by molar-refractivity contribution is 0.219. The van der Waals surface area contributed by atoms with Gasteiger partial charge in [-0.25, -0.2) is 9.97 Å². The maximum atomic E-state index is 9.29. The second-order valence-electron chi connectivity index (χ2n) is 4.95. The van der Waals surface area contributed by atoms with Crippen molar-refractivity contribution in [3.8, 4) is 0 Å². The summed E-state index contributed by atoms with van der Waals surface area (Å²) >= 11 is 0. The molecule has 0 aromatic carbocycles. The molecule has 5 heteroatoms. The van der Waals surface area contributed by atoms with Gasteiger partial charge >= 0.3 is 0 Å². The van der Waals surface area contributed by atoms with Gasteiger partial charge in [0, 0.05) is 31.0 Å². The van der Waals surface area contributed by atoms with Gasteiger partial charge < -0.3 is 15.7 Å². The van der Waals surface area contributed by atoms with Crippen LogP contribution in [-0.2, 0) is 6.42 Å². The van der Waals surface area contributed by atoms with Crippen LogP contribution in [0.3, 0.4) is 0 Å². The number of hydrogen-bond donors (Lipinski definition) is 3. The second-order valence-corrected chi connectivity index (χ2v) is 4.95. The Bertz CT molecular complexity index is 404. The predicted octanol–water partition coefficient (Wildman–Crippen LogP) is 1.66. The number of aliphatic hydroxyl groups excluding tert-OH is 1. The molecule has 100 valence electrons. The molecule has 2 rings (SSSR count). The molecule has 0 aliphatic heterocycles. The minimum absolute atomic E-state index is 0.0929. The van der Waals surface area contributed by atoms with E-state index >= 15 is 0 Å². The van der Waals surface area contributed by atoms with Crippen LogP contribution in [-0.4, -0.2) is 34.8 Å². The van der Waals surface area contributed by atoms with Crippen molar-refractivity contribution in [2.24, 2.45) is 5.41 Å². The highest BCUT2D eigenvalue weighted by molar-refractivity contribution is 5.47. The zero-order valence-corrected chi connectivity index (χ0v) is 11.2. The molecule has 1 aliphatic carbocycles. The fourth-order valence-electron chi connectivity index (χ4n) is 1.86. The van der Waals surface area contributed by atoms with Crippen molar-refractivity contribution in [2.45, 2.75) is 33.1 Å². The van der Waals surface area contributed by atoms with Crippen LogP contribution in [0.15, 0.2) is 6.07 Å². The van der Waals surface area contributed by atoms with E-state index in [0.29, 0.717) is 0 Å². The number of aromatic nitrogens is 2. The molecule has 0 saturated heterocycles. The molecule has 0 unspecified atom stereocenters. The van der Waals surface area contributed by atoms with E-state index in [4.69, 9.17) is 0 Å². The smallest absolute Gasteiger partial charge is 0.132 e. The molecule has 1 aromatic rings. The Kier molecular flexibility index (Phi) is 4.01. The Labute approximate surface area is 108 Å². The number of hydrogen-bond acceptors (Lipinski definition) is 5. The third kappa shape index (κ3) is 3.10. The quantitative estimate of drug-likeness (QED) is 0.686. The molecule has 3 N–H and O–H groups in total. The minimum atomic E-state index is 0.0929. The normalized spacial score (nSPS) is 16.4. The highest BCUT2D eigenvalue weighted by atomic mass is 16.3. The SMILES string of the molecule is CCNc1cc(NCC2(CO)CC2)nc(CC)n1. The van der Waals surface area contributed by atoms with Gasteiger partial charge in [-0.1, -0.05) is 6.92 Å². The molecule has 18 heavy (non-hydrogen) atoms. The van der Waals surface area contributed by atoms with E-state index in [2.05, 4.69) is 20.6 Å². The summed E-state index contributed by atoms with van der Waals surface area (Å²) in [5.74, 6) is 2.54. The molecule has 1 fully saturated rings. The summed E-state index contributed by atoms with van der Waals surface area (Å²) in [6, 6.07) is 1.93. The minimum Gasteiger partial charge on any atom is -0.396 e. The lowest BCUT2D eigenvalue weighted by Gasteiger charge is -2.14. The van der Waals surface area contributed by atoms with Crippen molar-refractivity contribution < 1.29 is 5.11 Å². The average molecular weight is 250 g/mol. The highest BCUT2D eigenvalue weighted by Crippen LogP contribution is 2.44. The van der Waals surface area contributed by atoms with E-state index < -0.39 is 0 Å². The topological polar surface area (TPSA) is 70.1 Å². The highest BCUT2D eigenvalue weighted by Gasteiger charge is 2.41. The molecular formula is C13H22N4O. The van der Waals surface area contributed by atoms with E-state index in [0.717, 1.165) is 49.8 Å². The molecule has 1 saturated carbocycles. The third-order valence-electron chi connectivity index (χ3n) is 3.38. The molecule has 1 aliphatic rings. The molecule has 0 atom stereocenters. The van der Waals surface area contributed by atoms with E-state index in [1.807, 2.05) is 19.9 Å². The van der Waals surface area contributed by atoms with Crippen molar-refractivity contribution >= 4 is 11.6 Å². The average Bonchev–Trinajstić information content (AvgIpc) is 3.17. The Morgan fingerprint density at radius 3 is 2.39 bits per heavy atom. The Morgan fingerprint density at radius 2 is 1.89 bits per heavy atom. The molecule has 0 bridgehead atoms. The predicted molar refractivity (Wildman–Crippen MR) is 72.8 cm³/mol. The maximum absolute atomic E-state index is 9.29. The van der Waals surface area contributed by atoms with Gasteiger partial charge in [-0.2, -0.15) is 0 Å². The number of anilines is 2. The van der Waals surface area contributed by atoms with Gasteiger partial charge in [0.1, 0.15) is 17.5 Å². The van der Waals surface area contributed by atoms with Crippen LogP contribution in [0.25, 0.3) is 0 Å². The van der Waals surface area contributed by atoms with Crippen molar-refractivity contribution in [3.63, 3.8) is 0 Å². The van der Waals surface area contributed by atoms with Gasteiger partial charge in [0.2, 0.25) is 0 Å². The van der Waals surface area contributed by atoms with Crippen molar-refractivity contribution in [2.75, 3.05) is 30.3 Å². The van der Waals surface area contributed by atoms with Crippen LogP contribution >= 0.6 is 0 Å². The first-order chi connectivity index (χ1) is 8.71. The molecule has 0 amide bonds. The summed E-state index contributed by atoms with van der Waals surface area (Å²) in [5, 5.41) is 15.8. The monoisotopic (exact) mass is 250 g/mol. The zero-order chi connectivity index (χ0) is 13.0. The number of rotatable bonds is 7. The first-order valence-corrected chi connectivity index (χ1v) is 6.68. The molecule has 0 spiro atoms. The van der Waals surface area contributed by atoms with E-state index in [1.54, 1.807) is 0 Å². The molecule has 0 radical (unpaired) electrons. The summed E-state index contributed by atoms with van der Waals surface area (Å²) in [5.41, 5.74) is 0.0929. The zero-order valence-electron chi connectivity index (χ0n) is 11.2. The second kappa shape index (κ2) is 5.52. The van der Waals surface area contributed by atoms with Crippen LogP contribution in [0.2, 0.25) is 0 Å².